The van der Waals surface area contributed by atoms with Gasteiger partial charge in [0.25, 0.3) is 11.5 Å². The van der Waals surface area contributed by atoms with Crippen LogP contribution in [0, 0.1) is 13.8 Å². The Hall–Kier alpha value is -3.52. The second-order valence-corrected chi connectivity index (χ2v) is 8.05. The fraction of sp³-hybridized carbons (Fsp3) is 0.217. The molecule has 0 aliphatic heterocycles. The molecule has 0 aliphatic carbocycles. The molecule has 1 amide bonds. The van der Waals surface area contributed by atoms with Gasteiger partial charge in [-0.15, -0.1) is 17.9 Å². The monoisotopic (exact) mass is 433 g/mol. The van der Waals surface area contributed by atoms with E-state index in [-0.39, 0.29) is 11.3 Å². The van der Waals surface area contributed by atoms with Crippen LogP contribution in [0.5, 0.6) is 0 Å². The lowest BCUT2D eigenvalue weighted by molar-refractivity contribution is 0.102. The van der Waals surface area contributed by atoms with Gasteiger partial charge < -0.3 is 4.57 Å². The molecule has 4 rings (SSSR count). The fourth-order valence-corrected chi connectivity index (χ4v) is 4.40. The molecular formula is C23H23N5O2S. The number of amides is 1. The number of carbonyl (C=O) groups excluding carboxylic acids is 1. The Labute approximate surface area is 183 Å². The Bertz CT molecular complexity index is 1360. The SMILES string of the molecule is C=CCn1c(C)cc(-c2csc(NC(=O)c3nn(CC)c(=O)c4ccccc34)n2)c1C. The van der Waals surface area contributed by atoms with Gasteiger partial charge >= 0.3 is 0 Å². The summed E-state index contributed by atoms with van der Waals surface area (Å²) >= 11 is 1.35. The molecule has 0 spiro atoms. The number of nitrogens with one attached hydrogen (secondary N) is 1. The molecule has 0 atom stereocenters. The zero-order chi connectivity index (χ0) is 22.1. The average Bonchev–Trinajstić information content (AvgIpc) is 3.34. The highest BCUT2D eigenvalue weighted by molar-refractivity contribution is 7.14. The highest BCUT2D eigenvalue weighted by atomic mass is 32.1. The summed E-state index contributed by atoms with van der Waals surface area (Å²) in [6.07, 6.45) is 1.86. The van der Waals surface area contributed by atoms with Crippen molar-refractivity contribution in [3.63, 3.8) is 0 Å². The predicted molar refractivity (Wildman–Crippen MR) is 125 cm³/mol. The minimum Gasteiger partial charge on any atom is -0.345 e. The zero-order valence-electron chi connectivity index (χ0n) is 17.7. The summed E-state index contributed by atoms with van der Waals surface area (Å²) < 4.78 is 3.48. The number of aromatic nitrogens is 4. The van der Waals surface area contributed by atoms with Gasteiger partial charge in [-0.2, -0.15) is 5.10 Å². The normalized spacial score (nSPS) is 11.1. The molecule has 1 N–H and O–H groups in total. The molecule has 0 unspecified atom stereocenters. The first-order valence-corrected chi connectivity index (χ1v) is 10.9. The molecule has 0 fully saturated rings. The summed E-state index contributed by atoms with van der Waals surface area (Å²) in [5.41, 5.74) is 4.06. The minimum absolute atomic E-state index is 0.206. The Morgan fingerprint density at radius 3 is 2.71 bits per heavy atom. The van der Waals surface area contributed by atoms with Crippen LogP contribution in [0.4, 0.5) is 5.13 Å². The van der Waals surface area contributed by atoms with Crippen molar-refractivity contribution in [3.8, 4) is 11.3 Å². The van der Waals surface area contributed by atoms with Gasteiger partial charge in [-0.25, -0.2) is 9.67 Å². The lowest BCUT2D eigenvalue weighted by Crippen LogP contribution is -2.27. The van der Waals surface area contributed by atoms with Crippen molar-refractivity contribution in [2.24, 2.45) is 0 Å². The molecule has 31 heavy (non-hydrogen) atoms. The molecule has 3 aromatic heterocycles. The molecular weight excluding hydrogens is 410 g/mol. The van der Waals surface area contributed by atoms with Crippen molar-refractivity contribution in [2.45, 2.75) is 33.9 Å². The number of benzene rings is 1. The molecule has 158 valence electrons. The van der Waals surface area contributed by atoms with Crippen LogP contribution in [0.2, 0.25) is 0 Å². The van der Waals surface area contributed by atoms with Crippen LogP contribution < -0.4 is 10.9 Å². The van der Waals surface area contributed by atoms with E-state index in [1.807, 2.05) is 25.3 Å². The standard InChI is InChI=1S/C23H23N5O2S/c1-5-11-27-14(3)12-18(15(27)4)19-13-31-23(24-19)25-21(29)20-16-9-7-8-10-17(16)22(30)28(6-2)26-20/h5,7-10,12-13H,1,6,11H2,2-4H3,(H,24,25,29). The number of aryl methyl sites for hydroxylation is 2. The van der Waals surface area contributed by atoms with Crippen LogP contribution in [-0.4, -0.2) is 25.2 Å². The van der Waals surface area contributed by atoms with Gasteiger partial charge in [0.05, 0.1) is 11.1 Å². The smallest absolute Gasteiger partial charge is 0.278 e. The molecule has 0 saturated carbocycles. The lowest BCUT2D eigenvalue weighted by atomic mass is 10.1. The second kappa shape index (κ2) is 8.31. The van der Waals surface area contributed by atoms with Gasteiger partial charge in [0.2, 0.25) is 0 Å². The molecule has 0 aliphatic rings. The van der Waals surface area contributed by atoms with E-state index < -0.39 is 5.91 Å². The molecule has 8 heteroatoms. The second-order valence-electron chi connectivity index (χ2n) is 7.19. The van der Waals surface area contributed by atoms with E-state index in [1.165, 1.54) is 16.0 Å². The summed E-state index contributed by atoms with van der Waals surface area (Å²) in [7, 11) is 0. The van der Waals surface area contributed by atoms with Crippen molar-refractivity contribution in [1.82, 2.24) is 19.3 Å². The Morgan fingerprint density at radius 2 is 2.00 bits per heavy atom. The molecule has 0 bridgehead atoms. The minimum atomic E-state index is -0.392. The number of anilines is 1. The van der Waals surface area contributed by atoms with Crippen molar-refractivity contribution in [1.29, 1.82) is 0 Å². The fourth-order valence-electron chi connectivity index (χ4n) is 3.70. The van der Waals surface area contributed by atoms with Crippen molar-refractivity contribution in [2.75, 3.05) is 5.32 Å². The molecule has 0 saturated heterocycles. The first kappa shape index (κ1) is 20.7. The van der Waals surface area contributed by atoms with E-state index >= 15 is 0 Å². The molecule has 0 radical (unpaired) electrons. The van der Waals surface area contributed by atoms with E-state index in [2.05, 4.69) is 39.5 Å². The molecule has 7 nitrogen and oxygen atoms in total. The summed E-state index contributed by atoms with van der Waals surface area (Å²) in [6, 6.07) is 9.10. The highest BCUT2D eigenvalue weighted by Gasteiger charge is 2.19. The van der Waals surface area contributed by atoms with E-state index in [1.54, 1.807) is 24.3 Å². The predicted octanol–water partition coefficient (Wildman–Crippen LogP) is 4.40. The van der Waals surface area contributed by atoms with Gasteiger partial charge in [-0.3, -0.25) is 14.9 Å². The summed E-state index contributed by atoms with van der Waals surface area (Å²) in [5.74, 6) is -0.392. The van der Waals surface area contributed by atoms with Gasteiger partial charge in [0, 0.05) is 40.8 Å². The quantitative estimate of drug-likeness (QED) is 0.457. The first-order chi connectivity index (χ1) is 14.9. The largest absolute Gasteiger partial charge is 0.345 e. The number of nitrogens with zero attached hydrogens (tertiary/aromatic N) is 4. The third-order valence-corrected chi connectivity index (χ3v) is 6.03. The van der Waals surface area contributed by atoms with Gasteiger partial charge in [-0.1, -0.05) is 24.3 Å². The highest BCUT2D eigenvalue weighted by Crippen LogP contribution is 2.30. The number of rotatable bonds is 6. The number of allylic oxidation sites excluding steroid dienone is 1. The van der Waals surface area contributed by atoms with Crippen LogP contribution in [0.3, 0.4) is 0 Å². The van der Waals surface area contributed by atoms with E-state index in [0.29, 0.717) is 22.4 Å². The van der Waals surface area contributed by atoms with Crippen molar-refractivity contribution in [3.05, 3.63) is 75.8 Å². The van der Waals surface area contributed by atoms with Crippen LogP contribution in [0.15, 0.2) is 53.2 Å². The maximum atomic E-state index is 13.0. The molecule has 4 aromatic rings. The number of hydrogen-bond acceptors (Lipinski definition) is 5. The average molecular weight is 434 g/mol. The van der Waals surface area contributed by atoms with Crippen molar-refractivity contribution >= 4 is 33.1 Å². The van der Waals surface area contributed by atoms with E-state index in [4.69, 9.17) is 0 Å². The number of hydrogen-bond donors (Lipinski definition) is 1. The number of carbonyl (C=O) groups is 1. The summed E-state index contributed by atoms with van der Waals surface area (Å²) in [5, 5.41) is 10.5. The van der Waals surface area contributed by atoms with Crippen LogP contribution in [0.25, 0.3) is 22.0 Å². The Balaban J connectivity index is 1.67. The summed E-state index contributed by atoms with van der Waals surface area (Å²) in [6.45, 7) is 10.8. The van der Waals surface area contributed by atoms with Gasteiger partial charge in [-0.05, 0) is 32.9 Å². The number of fused-ring (bicyclic) bond motifs is 1. The number of thiazole rings is 1. The third kappa shape index (κ3) is 3.70. The third-order valence-electron chi connectivity index (χ3n) is 5.27. The van der Waals surface area contributed by atoms with Crippen molar-refractivity contribution < 1.29 is 4.79 Å². The zero-order valence-corrected chi connectivity index (χ0v) is 18.5. The van der Waals surface area contributed by atoms with Crippen LogP contribution >= 0.6 is 11.3 Å². The molecule has 3 heterocycles. The summed E-state index contributed by atoms with van der Waals surface area (Å²) in [4.78, 5) is 30.1. The maximum absolute atomic E-state index is 13.0. The topological polar surface area (TPSA) is 81.8 Å². The van der Waals surface area contributed by atoms with Gasteiger partial charge in [0.15, 0.2) is 10.8 Å². The van der Waals surface area contributed by atoms with Crippen LogP contribution in [0.1, 0.15) is 28.8 Å². The molecule has 1 aromatic carbocycles. The Morgan fingerprint density at radius 1 is 1.26 bits per heavy atom. The lowest BCUT2D eigenvalue weighted by Gasteiger charge is -2.09. The van der Waals surface area contributed by atoms with E-state index in [9.17, 15) is 9.59 Å². The first-order valence-electron chi connectivity index (χ1n) is 9.99. The van der Waals surface area contributed by atoms with Crippen LogP contribution in [-0.2, 0) is 13.1 Å². The Kier molecular flexibility index (Phi) is 5.56. The van der Waals surface area contributed by atoms with Gasteiger partial charge in [0.1, 0.15) is 0 Å². The van der Waals surface area contributed by atoms with E-state index in [0.717, 1.165) is 29.2 Å². The maximum Gasteiger partial charge on any atom is 0.278 e.